The number of piperazine rings is 1. The first kappa shape index (κ1) is 18.2. The Morgan fingerprint density at radius 1 is 1.04 bits per heavy atom. The average molecular weight is 325 g/mol. The van der Waals surface area contributed by atoms with E-state index in [1.165, 1.54) is 6.42 Å². The highest BCUT2D eigenvalue weighted by Crippen LogP contribution is 2.20. The van der Waals surface area contributed by atoms with Crippen LogP contribution in [0.25, 0.3) is 0 Å². The fourth-order valence-corrected chi connectivity index (χ4v) is 3.11. The number of rotatable bonds is 3. The molecule has 23 heavy (non-hydrogen) atoms. The van der Waals surface area contributed by atoms with Gasteiger partial charge in [-0.15, -0.1) is 5.06 Å². The quantitative estimate of drug-likeness (QED) is 0.787. The van der Waals surface area contributed by atoms with Gasteiger partial charge >= 0.3 is 5.97 Å². The molecule has 6 heteroatoms. The molecular weight excluding hydrogens is 294 g/mol. The van der Waals surface area contributed by atoms with E-state index in [1.807, 2.05) is 25.7 Å². The normalized spacial score (nSPS) is 24.5. The first-order valence-corrected chi connectivity index (χ1v) is 8.83. The van der Waals surface area contributed by atoms with Crippen molar-refractivity contribution in [3.05, 3.63) is 0 Å². The molecule has 0 spiro atoms. The molecule has 2 heterocycles. The van der Waals surface area contributed by atoms with Gasteiger partial charge in [-0.3, -0.25) is 9.69 Å². The SMILES string of the molecule is CCN1CCCC[C@H]1C(=O)N1CCN(OC(=O)C(C)(C)C)CC1. The molecule has 0 aromatic heterocycles. The molecule has 2 saturated heterocycles. The number of likely N-dealkylation sites (tertiary alicyclic amines) is 1. The van der Waals surface area contributed by atoms with Crippen molar-refractivity contribution >= 4 is 11.9 Å². The summed E-state index contributed by atoms with van der Waals surface area (Å²) >= 11 is 0. The predicted molar refractivity (Wildman–Crippen MR) is 88.6 cm³/mol. The number of carbonyl (C=O) groups is 2. The summed E-state index contributed by atoms with van der Waals surface area (Å²) in [6.45, 7) is 12.0. The Balaban J connectivity index is 1.84. The molecule has 0 unspecified atom stereocenters. The van der Waals surface area contributed by atoms with Crippen LogP contribution in [-0.4, -0.2) is 72.0 Å². The number of hydroxylamine groups is 2. The van der Waals surface area contributed by atoms with E-state index in [1.54, 1.807) is 5.06 Å². The minimum atomic E-state index is -0.503. The largest absolute Gasteiger partial charge is 0.367 e. The monoisotopic (exact) mass is 325 g/mol. The van der Waals surface area contributed by atoms with Crippen LogP contribution >= 0.6 is 0 Å². The predicted octanol–water partition coefficient (Wildman–Crippen LogP) is 1.51. The van der Waals surface area contributed by atoms with Gasteiger partial charge in [0.05, 0.1) is 24.5 Å². The lowest BCUT2D eigenvalue weighted by atomic mass is 9.98. The second-order valence-electron chi connectivity index (χ2n) is 7.52. The molecule has 1 amide bonds. The molecule has 6 nitrogen and oxygen atoms in total. The Morgan fingerprint density at radius 3 is 2.26 bits per heavy atom. The summed E-state index contributed by atoms with van der Waals surface area (Å²) in [5.74, 6) is 0.0232. The van der Waals surface area contributed by atoms with Gasteiger partial charge in [-0.05, 0) is 46.7 Å². The minimum Gasteiger partial charge on any atom is -0.367 e. The third-order valence-electron chi connectivity index (χ3n) is 4.68. The van der Waals surface area contributed by atoms with Crippen LogP contribution in [0.15, 0.2) is 0 Å². The first-order valence-electron chi connectivity index (χ1n) is 8.83. The van der Waals surface area contributed by atoms with Crippen LogP contribution < -0.4 is 0 Å². The summed E-state index contributed by atoms with van der Waals surface area (Å²) in [6, 6.07) is 0.0393. The van der Waals surface area contributed by atoms with E-state index in [9.17, 15) is 9.59 Å². The Labute approximate surface area is 139 Å². The van der Waals surface area contributed by atoms with E-state index in [2.05, 4.69) is 11.8 Å². The number of hydrogen-bond acceptors (Lipinski definition) is 5. The van der Waals surface area contributed by atoms with Gasteiger partial charge in [0.15, 0.2) is 0 Å². The third-order valence-corrected chi connectivity index (χ3v) is 4.68. The molecule has 2 aliphatic rings. The van der Waals surface area contributed by atoms with Gasteiger partial charge in [-0.2, -0.15) is 0 Å². The summed E-state index contributed by atoms with van der Waals surface area (Å²) in [5, 5.41) is 1.69. The lowest BCUT2D eigenvalue weighted by molar-refractivity contribution is -0.207. The van der Waals surface area contributed by atoms with Crippen LogP contribution in [0, 0.1) is 5.41 Å². The van der Waals surface area contributed by atoms with Crippen LogP contribution in [-0.2, 0) is 14.4 Å². The summed E-state index contributed by atoms with van der Waals surface area (Å²) in [5.41, 5.74) is -0.503. The van der Waals surface area contributed by atoms with Crippen molar-refractivity contribution in [2.75, 3.05) is 39.3 Å². The maximum absolute atomic E-state index is 12.8. The molecule has 132 valence electrons. The number of hydrogen-bond donors (Lipinski definition) is 0. The van der Waals surface area contributed by atoms with Crippen molar-refractivity contribution < 1.29 is 14.4 Å². The Morgan fingerprint density at radius 2 is 1.70 bits per heavy atom. The molecule has 0 aromatic rings. The van der Waals surface area contributed by atoms with E-state index in [0.717, 1.165) is 25.9 Å². The molecule has 0 N–H and O–H groups in total. The fraction of sp³-hybridized carbons (Fsp3) is 0.882. The smallest absolute Gasteiger partial charge is 0.330 e. The molecule has 0 aromatic carbocycles. The zero-order valence-electron chi connectivity index (χ0n) is 15.0. The van der Waals surface area contributed by atoms with Crippen LogP contribution in [0.1, 0.15) is 47.0 Å². The Hall–Kier alpha value is -1.14. The van der Waals surface area contributed by atoms with E-state index < -0.39 is 5.41 Å². The lowest BCUT2D eigenvalue weighted by Crippen LogP contribution is -2.56. The van der Waals surface area contributed by atoms with E-state index in [-0.39, 0.29) is 17.9 Å². The highest BCUT2D eigenvalue weighted by atomic mass is 16.7. The van der Waals surface area contributed by atoms with Crippen LogP contribution in [0.4, 0.5) is 0 Å². The maximum atomic E-state index is 12.8. The molecule has 0 aliphatic carbocycles. The first-order chi connectivity index (χ1) is 10.8. The molecule has 2 fully saturated rings. The van der Waals surface area contributed by atoms with Gasteiger partial charge in [-0.1, -0.05) is 13.3 Å². The average Bonchev–Trinajstić information content (AvgIpc) is 2.54. The third kappa shape index (κ3) is 4.67. The zero-order valence-corrected chi connectivity index (χ0v) is 15.0. The van der Waals surface area contributed by atoms with Crippen LogP contribution in [0.3, 0.4) is 0 Å². The van der Waals surface area contributed by atoms with E-state index in [4.69, 9.17) is 4.84 Å². The molecular formula is C17H31N3O3. The molecule has 1 atom stereocenters. The zero-order chi connectivity index (χ0) is 17.0. The number of amides is 1. The second kappa shape index (κ2) is 7.62. The number of likely N-dealkylation sites (N-methyl/N-ethyl adjacent to an activating group) is 1. The van der Waals surface area contributed by atoms with Crippen molar-refractivity contribution in [3.8, 4) is 0 Å². The van der Waals surface area contributed by atoms with Gasteiger partial charge in [-0.25, -0.2) is 4.79 Å². The van der Waals surface area contributed by atoms with Crippen LogP contribution in [0.5, 0.6) is 0 Å². The number of nitrogens with zero attached hydrogens (tertiary/aromatic N) is 3. The lowest BCUT2D eigenvalue weighted by Gasteiger charge is -2.40. The molecule has 2 aliphatic heterocycles. The van der Waals surface area contributed by atoms with Gasteiger partial charge < -0.3 is 9.74 Å². The van der Waals surface area contributed by atoms with Crippen molar-refractivity contribution in [2.45, 2.75) is 53.0 Å². The highest BCUT2D eigenvalue weighted by Gasteiger charge is 2.34. The fourth-order valence-electron chi connectivity index (χ4n) is 3.11. The van der Waals surface area contributed by atoms with Gasteiger partial charge in [0.2, 0.25) is 5.91 Å². The summed E-state index contributed by atoms with van der Waals surface area (Å²) in [4.78, 5) is 34.3. The number of carbonyl (C=O) groups excluding carboxylic acids is 2. The minimum absolute atomic E-state index is 0.0393. The van der Waals surface area contributed by atoms with E-state index in [0.29, 0.717) is 26.2 Å². The van der Waals surface area contributed by atoms with Crippen molar-refractivity contribution in [2.24, 2.45) is 5.41 Å². The molecule has 0 bridgehead atoms. The Kier molecular flexibility index (Phi) is 6.03. The standard InChI is InChI=1S/C17H31N3O3/c1-5-18-9-7-6-8-14(18)15(21)19-10-12-20(13-11-19)23-16(22)17(2,3)4/h14H,5-13H2,1-4H3/t14-/m0/s1. The van der Waals surface area contributed by atoms with Gasteiger partial charge in [0, 0.05) is 13.1 Å². The van der Waals surface area contributed by atoms with Crippen molar-refractivity contribution in [1.82, 2.24) is 14.9 Å². The maximum Gasteiger partial charge on any atom is 0.330 e. The van der Waals surface area contributed by atoms with Crippen LogP contribution in [0.2, 0.25) is 0 Å². The van der Waals surface area contributed by atoms with Gasteiger partial charge in [0.1, 0.15) is 0 Å². The summed E-state index contributed by atoms with van der Waals surface area (Å²) in [7, 11) is 0. The topological polar surface area (TPSA) is 53.1 Å². The van der Waals surface area contributed by atoms with Crippen molar-refractivity contribution in [3.63, 3.8) is 0 Å². The van der Waals surface area contributed by atoms with Gasteiger partial charge in [0.25, 0.3) is 0 Å². The second-order valence-corrected chi connectivity index (χ2v) is 7.52. The Bertz CT molecular complexity index is 425. The molecule has 0 saturated carbocycles. The summed E-state index contributed by atoms with van der Waals surface area (Å²) < 4.78 is 0. The molecule has 2 rings (SSSR count). The van der Waals surface area contributed by atoms with E-state index >= 15 is 0 Å². The summed E-state index contributed by atoms with van der Waals surface area (Å²) in [6.07, 6.45) is 3.29. The number of piperidine rings is 1. The van der Waals surface area contributed by atoms with Crippen molar-refractivity contribution in [1.29, 1.82) is 0 Å². The molecule has 0 radical (unpaired) electrons. The highest BCUT2D eigenvalue weighted by molar-refractivity contribution is 5.82.